The molecule has 0 aliphatic rings. The first-order chi connectivity index (χ1) is 11.7. The molecule has 3 rings (SSSR count). The van der Waals surface area contributed by atoms with Gasteiger partial charge in [0.05, 0.1) is 5.69 Å². The molecule has 0 saturated heterocycles. The first-order valence-corrected chi connectivity index (χ1v) is 9.64. The number of aromatic carboxylic acids is 1. The zero-order valence-electron chi connectivity index (χ0n) is 12.8. The number of phenols is 1. The molecule has 3 aromatic rings. The molecule has 1 heterocycles. The van der Waals surface area contributed by atoms with Crippen LogP contribution in [0.2, 0.25) is 5.02 Å². The summed E-state index contributed by atoms with van der Waals surface area (Å²) in [7, 11) is -3.90. The summed E-state index contributed by atoms with van der Waals surface area (Å²) in [5.41, 5.74) is 0.328. The van der Waals surface area contributed by atoms with Crippen molar-refractivity contribution in [2.24, 2.45) is 0 Å². The van der Waals surface area contributed by atoms with Gasteiger partial charge in [-0.05, 0) is 48.2 Å². The van der Waals surface area contributed by atoms with Crippen LogP contribution < -0.4 is 4.72 Å². The van der Waals surface area contributed by atoms with Crippen LogP contribution in [0.1, 0.15) is 15.9 Å². The number of anilines is 1. The van der Waals surface area contributed by atoms with Crippen LogP contribution in [0.3, 0.4) is 0 Å². The topological polar surface area (TPSA) is 104 Å². The van der Waals surface area contributed by atoms with E-state index in [1.807, 2.05) is 0 Å². The molecule has 0 aliphatic carbocycles. The minimum atomic E-state index is -3.90. The van der Waals surface area contributed by atoms with Crippen molar-refractivity contribution < 1.29 is 23.4 Å². The predicted molar refractivity (Wildman–Crippen MR) is 97.4 cm³/mol. The quantitative estimate of drug-likeness (QED) is 0.615. The number of aromatic hydroxyl groups is 1. The number of aryl methyl sites for hydroxylation is 1. The highest BCUT2D eigenvalue weighted by atomic mass is 35.5. The Bertz CT molecular complexity index is 1110. The maximum absolute atomic E-state index is 12.7. The molecule has 2 aromatic carbocycles. The van der Waals surface area contributed by atoms with Crippen molar-refractivity contribution >= 4 is 54.7 Å². The molecule has 0 atom stereocenters. The van der Waals surface area contributed by atoms with Gasteiger partial charge in [0, 0.05) is 15.8 Å². The summed E-state index contributed by atoms with van der Waals surface area (Å²) in [6, 6.07) is 8.61. The molecule has 0 unspecified atom stereocenters. The standard InChI is InChI=1S/C16H12ClNO5S2/c1-8-12-6-9(17)2-5-14(12)24-16(8)25(22,23)18-10-3-4-11(15(20)21)13(19)7-10/h2-7,18-19H,1H3,(H,20,21). The number of nitrogens with one attached hydrogen (secondary N) is 1. The lowest BCUT2D eigenvalue weighted by molar-refractivity contribution is 0.0694. The lowest BCUT2D eigenvalue weighted by Crippen LogP contribution is -2.12. The summed E-state index contributed by atoms with van der Waals surface area (Å²) >= 11 is 7.07. The Balaban J connectivity index is 2.01. The van der Waals surface area contributed by atoms with Gasteiger partial charge in [-0.25, -0.2) is 13.2 Å². The molecule has 25 heavy (non-hydrogen) atoms. The summed E-state index contributed by atoms with van der Waals surface area (Å²) in [5, 5.41) is 19.9. The molecular weight excluding hydrogens is 386 g/mol. The molecule has 0 amide bonds. The zero-order valence-corrected chi connectivity index (χ0v) is 15.2. The van der Waals surface area contributed by atoms with Gasteiger partial charge >= 0.3 is 5.97 Å². The smallest absolute Gasteiger partial charge is 0.339 e. The Kier molecular flexibility index (Phi) is 4.36. The lowest BCUT2D eigenvalue weighted by atomic mass is 10.2. The van der Waals surface area contributed by atoms with Crippen LogP contribution in [-0.2, 0) is 10.0 Å². The molecular formula is C16H12ClNO5S2. The van der Waals surface area contributed by atoms with Gasteiger partial charge in [-0.1, -0.05) is 11.6 Å². The summed E-state index contributed by atoms with van der Waals surface area (Å²) < 4.78 is 28.6. The Morgan fingerprint density at radius 1 is 1.20 bits per heavy atom. The molecule has 0 radical (unpaired) electrons. The number of hydrogen-bond donors (Lipinski definition) is 3. The predicted octanol–water partition coefficient (Wildman–Crippen LogP) is 4.07. The third-order valence-electron chi connectivity index (χ3n) is 3.58. The SMILES string of the molecule is Cc1c(S(=O)(=O)Nc2ccc(C(=O)O)c(O)c2)sc2ccc(Cl)cc12. The van der Waals surface area contributed by atoms with Gasteiger partial charge in [0.25, 0.3) is 10.0 Å². The number of rotatable bonds is 4. The fourth-order valence-electron chi connectivity index (χ4n) is 2.40. The Labute approximate surface area is 152 Å². The number of sulfonamides is 1. The number of benzene rings is 2. The van der Waals surface area contributed by atoms with E-state index in [2.05, 4.69) is 4.72 Å². The Hall–Kier alpha value is -2.29. The number of carbonyl (C=O) groups is 1. The average Bonchev–Trinajstić information content (AvgIpc) is 2.84. The number of carboxylic acids is 1. The van der Waals surface area contributed by atoms with Gasteiger partial charge < -0.3 is 10.2 Å². The van der Waals surface area contributed by atoms with Crippen molar-refractivity contribution in [1.29, 1.82) is 0 Å². The molecule has 0 spiro atoms. The van der Waals surface area contributed by atoms with Gasteiger partial charge in [-0.15, -0.1) is 11.3 Å². The molecule has 0 saturated carbocycles. The lowest BCUT2D eigenvalue weighted by Gasteiger charge is -2.08. The fraction of sp³-hybridized carbons (Fsp3) is 0.0625. The monoisotopic (exact) mass is 397 g/mol. The Morgan fingerprint density at radius 2 is 1.92 bits per heavy atom. The number of carboxylic acid groups (broad SMARTS) is 1. The maximum Gasteiger partial charge on any atom is 0.339 e. The van der Waals surface area contributed by atoms with Gasteiger partial charge in [-0.2, -0.15) is 0 Å². The van der Waals surface area contributed by atoms with Crippen molar-refractivity contribution in [2.45, 2.75) is 11.1 Å². The number of fused-ring (bicyclic) bond motifs is 1. The van der Waals surface area contributed by atoms with Gasteiger partial charge in [-0.3, -0.25) is 4.72 Å². The van der Waals surface area contributed by atoms with Crippen LogP contribution in [0.5, 0.6) is 5.75 Å². The van der Waals surface area contributed by atoms with Crippen LogP contribution >= 0.6 is 22.9 Å². The summed E-state index contributed by atoms with van der Waals surface area (Å²) in [6.45, 7) is 1.69. The minimum absolute atomic E-state index is 0.0670. The van der Waals surface area contributed by atoms with Crippen LogP contribution in [0.4, 0.5) is 5.69 Å². The summed E-state index contributed by atoms with van der Waals surface area (Å²) in [5.74, 6) is -1.82. The number of hydrogen-bond acceptors (Lipinski definition) is 5. The summed E-state index contributed by atoms with van der Waals surface area (Å²) in [4.78, 5) is 10.9. The van der Waals surface area contributed by atoms with E-state index in [1.165, 1.54) is 6.07 Å². The van der Waals surface area contributed by atoms with Crippen molar-refractivity contribution in [3.05, 3.63) is 52.5 Å². The van der Waals surface area contributed by atoms with Crippen LogP contribution in [0.15, 0.2) is 40.6 Å². The number of halogens is 1. The van der Waals surface area contributed by atoms with E-state index in [1.54, 1.807) is 25.1 Å². The third-order valence-corrected chi connectivity index (χ3v) is 7.09. The highest BCUT2D eigenvalue weighted by Gasteiger charge is 2.22. The van der Waals surface area contributed by atoms with Crippen molar-refractivity contribution in [3.8, 4) is 5.75 Å². The maximum atomic E-state index is 12.7. The zero-order chi connectivity index (χ0) is 18.4. The van der Waals surface area contributed by atoms with Crippen LogP contribution in [-0.4, -0.2) is 24.6 Å². The average molecular weight is 398 g/mol. The Morgan fingerprint density at radius 3 is 2.56 bits per heavy atom. The van der Waals surface area contributed by atoms with E-state index < -0.39 is 21.7 Å². The highest BCUT2D eigenvalue weighted by molar-refractivity contribution is 7.94. The first-order valence-electron chi connectivity index (χ1n) is 6.97. The van der Waals surface area contributed by atoms with Crippen molar-refractivity contribution in [2.75, 3.05) is 4.72 Å². The molecule has 0 aliphatic heterocycles. The molecule has 0 fully saturated rings. The van der Waals surface area contributed by atoms with E-state index in [-0.39, 0.29) is 15.5 Å². The second kappa shape index (κ2) is 6.21. The molecule has 1 aromatic heterocycles. The van der Waals surface area contributed by atoms with Gasteiger partial charge in [0.2, 0.25) is 0 Å². The molecule has 130 valence electrons. The van der Waals surface area contributed by atoms with E-state index in [4.69, 9.17) is 16.7 Å². The third kappa shape index (κ3) is 3.28. The normalized spacial score (nSPS) is 11.6. The second-order valence-electron chi connectivity index (χ2n) is 5.30. The molecule has 6 nitrogen and oxygen atoms in total. The number of thiophene rings is 1. The fourth-order valence-corrected chi connectivity index (χ4v) is 5.37. The van der Waals surface area contributed by atoms with Crippen LogP contribution in [0, 0.1) is 6.92 Å². The van der Waals surface area contributed by atoms with Gasteiger partial charge in [0.15, 0.2) is 0 Å². The highest BCUT2D eigenvalue weighted by Crippen LogP contribution is 2.36. The van der Waals surface area contributed by atoms with Crippen molar-refractivity contribution in [3.63, 3.8) is 0 Å². The largest absolute Gasteiger partial charge is 0.507 e. The van der Waals surface area contributed by atoms with E-state index in [9.17, 15) is 18.3 Å². The second-order valence-corrected chi connectivity index (χ2v) is 8.66. The van der Waals surface area contributed by atoms with Crippen molar-refractivity contribution in [1.82, 2.24) is 0 Å². The first kappa shape index (κ1) is 17.5. The van der Waals surface area contributed by atoms with E-state index >= 15 is 0 Å². The minimum Gasteiger partial charge on any atom is -0.507 e. The summed E-state index contributed by atoms with van der Waals surface area (Å²) in [6.07, 6.45) is 0. The van der Waals surface area contributed by atoms with E-state index in [0.717, 1.165) is 33.6 Å². The molecule has 0 bridgehead atoms. The van der Waals surface area contributed by atoms with Crippen LogP contribution in [0.25, 0.3) is 10.1 Å². The van der Waals surface area contributed by atoms with E-state index in [0.29, 0.717) is 10.6 Å². The van der Waals surface area contributed by atoms with Gasteiger partial charge in [0.1, 0.15) is 15.5 Å². The molecule has 3 N–H and O–H groups in total. The molecule has 9 heteroatoms.